The van der Waals surface area contributed by atoms with Gasteiger partial charge < -0.3 is 0 Å². The van der Waals surface area contributed by atoms with Crippen LogP contribution in [0.2, 0.25) is 0 Å². The molecule has 2 unspecified atom stereocenters. The summed E-state index contributed by atoms with van der Waals surface area (Å²) in [5, 5.41) is 0. The van der Waals surface area contributed by atoms with E-state index in [9.17, 15) is 8.42 Å². The first-order chi connectivity index (χ1) is 9.75. The van der Waals surface area contributed by atoms with Crippen LogP contribution in [0, 0.1) is 25.7 Å². The first-order valence-electron chi connectivity index (χ1n) is 7.42. The van der Waals surface area contributed by atoms with Gasteiger partial charge in [0, 0.05) is 19.0 Å². The number of halogens is 1. The Kier molecular flexibility index (Phi) is 5.01. The van der Waals surface area contributed by atoms with Gasteiger partial charge >= 0.3 is 0 Å². The van der Waals surface area contributed by atoms with Gasteiger partial charge in [0.15, 0.2) is 0 Å². The van der Waals surface area contributed by atoms with Crippen molar-refractivity contribution in [1.29, 1.82) is 0 Å². The van der Waals surface area contributed by atoms with Crippen molar-refractivity contribution in [2.24, 2.45) is 11.8 Å². The number of sulfonamides is 1. The first-order valence-corrected chi connectivity index (χ1v) is 9.39. The van der Waals surface area contributed by atoms with Crippen molar-refractivity contribution in [3.63, 3.8) is 0 Å². The van der Waals surface area contributed by atoms with Crippen molar-refractivity contribution < 1.29 is 8.42 Å². The predicted octanol–water partition coefficient (Wildman–Crippen LogP) is 3.71. The SMILES string of the molecule is Cc1cc(CCl)cc(S(=O)(=O)N2CC(C)CC(C)C2)c1C. The minimum absolute atomic E-state index is 0.330. The summed E-state index contributed by atoms with van der Waals surface area (Å²) in [6.45, 7) is 9.26. The lowest BCUT2D eigenvalue weighted by Gasteiger charge is -2.34. The number of hydrogen-bond donors (Lipinski definition) is 0. The lowest BCUT2D eigenvalue weighted by molar-refractivity contribution is 0.222. The molecular weight excluding hydrogens is 306 g/mol. The molecule has 21 heavy (non-hydrogen) atoms. The Hall–Kier alpha value is -0.580. The zero-order chi connectivity index (χ0) is 15.8. The zero-order valence-electron chi connectivity index (χ0n) is 13.2. The fourth-order valence-corrected chi connectivity index (χ4v) is 5.37. The quantitative estimate of drug-likeness (QED) is 0.793. The average Bonchev–Trinajstić information content (AvgIpc) is 2.40. The van der Waals surface area contributed by atoms with E-state index in [1.165, 1.54) is 0 Å². The van der Waals surface area contributed by atoms with Crippen LogP contribution in [0.15, 0.2) is 17.0 Å². The van der Waals surface area contributed by atoms with Gasteiger partial charge in [-0.2, -0.15) is 4.31 Å². The molecule has 0 N–H and O–H groups in total. The van der Waals surface area contributed by atoms with Gasteiger partial charge in [-0.25, -0.2) is 8.42 Å². The molecule has 3 nitrogen and oxygen atoms in total. The standard InChI is InChI=1S/C16H24ClNO2S/c1-11-5-12(2)10-18(9-11)21(19,20)16-7-15(8-17)6-13(3)14(16)4/h6-7,11-12H,5,8-10H2,1-4H3. The van der Waals surface area contributed by atoms with Crippen molar-refractivity contribution in [2.75, 3.05) is 13.1 Å². The predicted molar refractivity (Wildman–Crippen MR) is 87.2 cm³/mol. The highest BCUT2D eigenvalue weighted by Gasteiger charge is 2.32. The summed E-state index contributed by atoms with van der Waals surface area (Å²) >= 11 is 5.90. The minimum Gasteiger partial charge on any atom is -0.207 e. The molecule has 5 heteroatoms. The minimum atomic E-state index is -3.44. The summed E-state index contributed by atoms with van der Waals surface area (Å²) in [6, 6.07) is 3.69. The second-order valence-corrected chi connectivity index (χ2v) is 8.61. The monoisotopic (exact) mass is 329 g/mol. The molecule has 1 saturated heterocycles. The summed E-state index contributed by atoms with van der Waals surface area (Å²) in [5.74, 6) is 1.14. The molecule has 2 atom stereocenters. The van der Waals surface area contributed by atoms with Crippen LogP contribution < -0.4 is 0 Å². The maximum absolute atomic E-state index is 13.0. The highest BCUT2D eigenvalue weighted by atomic mass is 35.5. The molecule has 2 rings (SSSR count). The van der Waals surface area contributed by atoms with E-state index in [-0.39, 0.29) is 0 Å². The van der Waals surface area contributed by atoms with Gasteiger partial charge in [0.1, 0.15) is 0 Å². The molecule has 1 aromatic carbocycles. The Morgan fingerprint density at radius 3 is 2.29 bits per heavy atom. The van der Waals surface area contributed by atoms with Crippen LogP contribution in [0.25, 0.3) is 0 Å². The summed E-state index contributed by atoms with van der Waals surface area (Å²) in [7, 11) is -3.44. The molecule has 0 aromatic heterocycles. The Balaban J connectivity index is 2.46. The molecule has 1 fully saturated rings. The number of aryl methyl sites for hydroxylation is 1. The second kappa shape index (κ2) is 6.27. The van der Waals surface area contributed by atoms with Crippen LogP contribution >= 0.6 is 11.6 Å². The van der Waals surface area contributed by atoms with Crippen LogP contribution in [-0.4, -0.2) is 25.8 Å². The molecule has 0 aliphatic carbocycles. The normalized spacial score (nSPS) is 24.2. The number of nitrogens with zero attached hydrogens (tertiary/aromatic N) is 1. The summed E-state index contributed by atoms with van der Waals surface area (Å²) < 4.78 is 27.6. The van der Waals surface area contributed by atoms with Crippen LogP contribution in [-0.2, 0) is 15.9 Å². The molecule has 1 aliphatic heterocycles. The number of piperidine rings is 1. The zero-order valence-corrected chi connectivity index (χ0v) is 14.8. The van der Waals surface area contributed by atoms with Gasteiger partial charge in [0.2, 0.25) is 10.0 Å². The third-order valence-corrected chi connectivity index (χ3v) is 6.55. The van der Waals surface area contributed by atoms with E-state index in [4.69, 9.17) is 11.6 Å². The molecule has 1 aliphatic rings. The lowest BCUT2D eigenvalue weighted by atomic mass is 9.94. The Labute approximate surface area is 133 Å². The molecule has 0 amide bonds. The smallest absolute Gasteiger partial charge is 0.207 e. The third kappa shape index (κ3) is 3.43. The highest BCUT2D eigenvalue weighted by Crippen LogP contribution is 2.30. The molecule has 1 aromatic rings. The second-order valence-electron chi connectivity index (χ2n) is 6.44. The molecular formula is C16H24ClNO2S. The molecule has 118 valence electrons. The fourth-order valence-electron chi connectivity index (χ4n) is 3.19. The van der Waals surface area contributed by atoms with Gasteiger partial charge in [-0.3, -0.25) is 0 Å². The van der Waals surface area contributed by atoms with Gasteiger partial charge in [-0.05, 0) is 54.9 Å². The molecule has 0 spiro atoms. The van der Waals surface area contributed by atoms with Crippen molar-refractivity contribution in [3.8, 4) is 0 Å². The lowest BCUT2D eigenvalue weighted by Crippen LogP contribution is -2.42. The van der Waals surface area contributed by atoms with E-state index < -0.39 is 10.0 Å². The number of alkyl halides is 1. The molecule has 0 bridgehead atoms. The summed E-state index contributed by atoms with van der Waals surface area (Å²) in [5.41, 5.74) is 2.66. The maximum Gasteiger partial charge on any atom is 0.243 e. The first kappa shape index (κ1) is 16.8. The van der Waals surface area contributed by atoms with Gasteiger partial charge in [0.05, 0.1) is 4.90 Å². The maximum atomic E-state index is 13.0. The summed E-state index contributed by atoms with van der Waals surface area (Å²) in [4.78, 5) is 0.416. The van der Waals surface area contributed by atoms with Crippen LogP contribution in [0.3, 0.4) is 0 Å². The topological polar surface area (TPSA) is 37.4 Å². The highest BCUT2D eigenvalue weighted by molar-refractivity contribution is 7.89. The Bertz CT molecular complexity index is 617. The third-order valence-electron chi connectivity index (χ3n) is 4.29. The van der Waals surface area contributed by atoms with E-state index in [0.29, 0.717) is 35.7 Å². The van der Waals surface area contributed by atoms with Crippen molar-refractivity contribution in [2.45, 2.75) is 44.9 Å². The van der Waals surface area contributed by atoms with E-state index in [1.807, 2.05) is 19.9 Å². The molecule has 0 radical (unpaired) electrons. The van der Waals surface area contributed by atoms with E-state index in [1.54, 1.807) is 10.4 Å². The van der Waals surface area contributed by atoms with Gasteiger partial charge in [-0.15, -0.1) is 11.6 Å². The Morgan fingerprint density at radius 2 is 1.76 bits per heavy atom. The number of hydrogen-bond acceptors (Lipinski definition) is 2. The van der Waals surface area contributed by atoms with E-state index in [0.717, 1.165) is 23.1 Å². The molecule has 1 heterocycles. The van der Waals surface area contributed by atoms with Crippen LogP contribution in [0.5, 0.6) is 0 Å². The van der Waals surface area contributed by atoms with Crippen molar-refractivity contribution in [3.05, 3.63) is 28.8 Å². The van der Waals surface area contributed by atoms with Gasteiger partial charge in [-0.1, -0.05) is 19.9 Å². The number of benzene rings is 1. The fraction of sp³-hybridized carbons (Fsp3) is 0.625. The van der Waals surface area contributed by atoms with E-state index in [2.05, 4.69) is 13.8 Å². The van der Waals surface area contributed by atoms with Crippen LogP contribution in [0.1, 0.15) is 37.0 Å². The largest absolute Gasteiger partial charge is 0.243 e. The van der Waals surface area contributed by atoms with E-state index >= 15 is 0 Å². The number of rotatable bonds is 3. The van der Waals surface area contributed by atoms with Crippen molar-refractivity contribution >= 4 is 21.6 Å². The summed E-state index contributed by atoms with van der Waals surface area (Å²) in [6.07, 6.45) is 1.09. The van der Waals surface area contributed by atoms with Crippen molar-refractivity contribution in [1.82, 2.24) is 4.31 Å². The van der Waals surface area contributed by atoms with Gasteiger partial charge in [0.25, 0.3) is 0 Å². The molecule has 0 saturated carbocycles. The Morgan fingerprint density at radius 1 is 1.19 bits per heavy atom. The van der Waals surface area contributed by atoms with Crippen LogP contribution in [0.4, 0.5) is 0 Å². The average molecular weight is 330 g/mol.